The minimum absolute atomic E-state index is 0.652. The Bertz CT molecular complexity index is 1120. The maximum absolute atomic E-state index is 5.51. The molecule has 2 aromatic heterocycles. The second-order valence-corrected chi connectivity index (χ2v) is 5.44. The van der Waals surface area contributed by atoms with E-state index in [1.165, 1.54) is 16.2 Å². The first-order valence-corrected chi connectivity index (χ1v) is 7.23. The molecule has 0 bridgehead atoms. The van der Waals surface area contributed by atoms with E-state index in [2.05, 4.69) is 58.5 Å². The Morgan fingerprint density at radius 1 is 0.864 bits per heavy atom. The van der Waals surface area contributed by atoms with Crippen molar-refractivity contribution in [3.63, 3.8) is 0 Å². The molecule has 3 heteroatoms. The fourth-order valence-corrected chi connectivity index (χ4v) is 3.18. The summed E-state index contributed by atoms with van der Waals surface area (Å²) in [5, 5.41) is 4.82. The monoisotopic (exact) mass is 284 g/mol. The second kappa shape index (κ2) is 4.21. The Labute approximate surface area is 126 Å². The molecular weight excluding hydrogens is 272 g/mol. The normalized spacial score (nSPS) is 11.6. The van der Waals surface area contributed by atoms with E-state index < -0.39 is 0 Å². The number of hydrogen-bond donors (Lipinski definition) is 1. The Morgan fingerprint density at radius 2 is 1.73 bits per heavy atom. The fraction of sp³-hybridized carbons (Fsp3) is 0. The lowest BCUT2D eigenvalue weighted by atomic mass is 10.0. The summed E-state index contributed by atoms with van der Waals surface area (Å²) >= 11 is 0. The summed E-state index contributed by atoms with van der Waals surface area (Å²) in [7, 11) is 0. The molecule has 0 aliphatic carbocycles. The van der Waals surface area contributed by atoms with Crippen molar-refractivity contribution in [3.8, 4) is 11.5 Å². The van der Waals surface area contributed by atoms with Crippen molar-refractivity contribution in [2.45, 2.75) is 0 Å². The third-order valence-electron chi connectivity index (χ3n) is 4.15. The first-order valence-electron chi connectivity index (χ1n) is 7.23. The highest BCUT2D eigenvalue weighted by atomic mass is 16.3. The number of benzene rings is 3. The van der Waals surface area contributed by atoms with Gasteiger partial charge in [-0.25, -0.2) is 4.98 Å². The molecule has 0 saturated heterocycles. The van der Waals surface area contributed by atoms with Gasteiger partial charge in [-0.05, 0) is 35.0 Å². The van der Waals surface area contributed by atoms with E-state index in [1.807, 2.05) is 6.07 Å². The van der Waals surface area contributed by atoms with Crippen LogP contribution in [0.25, 0.3) is 44.0 Å². The van der Waals surface area contributed by atoms with Crippen LogP contribution < -0.4 is 0 Å². The highest BCUT2D eigenvalue weighted by Crippen LogP contribution is 2.35. The highest BCUT2D eigenvalue weighted by molar-refractivity contribution is 6.16. The number of fused-ring (bicyclic) bond motifs is 4. The molecule has 5 aromatic rings. The Balaban J connectivity index is 1.98. The summed E-state index contributed by atoms with van der Waals surface area (Å²) in [6.07, 6.45) is 3.29. The van der Waals surface area contributed by atoms with E-state index >= 15 is 0 Å². The molecule has 0 aliphatic rings. The summed E-state index contributed by atoms with van der Waals surface area (Å²) in [5.74, 6) is 0.652. The van der Waals surface area contributed by atoms with Crippen LogP contribution in [0, 0.1) is 0 Å². The van der Waals surface area contributed by atoms with E-state index in [1.54, 1.807) is 12.5 Å². The summed E-state index contributed by atoms with van der Waals surface area (Å²) in [4.78, 5) is 7.81. The van der Waals surface area contributed by atoms with Crippen molar-refractivity contribution in [1.82, 2.24) is 9.97 Å². The number of rotatable bonds is 1. The van der Waals surface area contributed by atoms with Gasteiger partial charge in [0.1, 0.15) is 6.26 Å². The summed E-state index contributed by atoms with van der Waals surface area (Å²) in [6, 6.07) is 19.0. The standard InChI is InChI=1S/C19H12N2O/c1-2-5-13-11-17-15(10-12(13)4-1)18-14(19-20-8-9-22-19)6-3-7-16(18)21-17/h1-11,21H. The van der Waals surface area contributed by atoms with E-state index in [-0.39, 0.29) is 0 Å². The number of aromatic amines is 1. The zero-order valence-electron chi connectivity index (χ0n) is 11.7. The average molecular weight is 284 g/mol. The van der Waals surface area contributed by atoms with Crippen LogP contribution in [0.15, 0.2) is 71.5 Å². The Morgan fingerprint density at radius 3 is 2.55 bits per heavy atom. The maximum Gasteiger partial charge on any atom is 0.226 e. The highest BCUT2D eigenvalue weighted by Gasteiger charge is 2.13. The molecule has 104 valence electrons. The summed E-state index contributed by atoms with van der Waals surface area (Å²) in [5.41, 5.74) is 3.25. The topological polar surface area (TPSA) is 41.8 Å². The van der Waals surface area contributed by atoms with Crippen LogP contribution >= 0.6 is 0 Å². The molecule has 0 fully saturated rings. The quantitative estimate of drug-likeness (QED) is 0.463. The van der Waals surface area contributed by atoms with E-state index in [0.29, 0.717) is 5.89 Å². The molecule has 3 nitrogen and oxygen atoms in total. The molecule has 2 heterocycles. The molecular formula is C19H12N2O. The molecule has 22 heavy (non-hydrogen) atoms. The van der Waals surface area contributed by atoms with Gasteiger partial charge in [0.05, 0.1) is 6.20 Å². The van der Waals surface area contributed by atoms with Crippen molar-refractivity contribution in [1.29, 1.82) is 0 Å². The van der Waals surface area contributed by atoms with Gasteiger partial charge in [0.2, 0.25) is 5.89 Å². The van der Waals surface area contributed by atoms with Gasteiger partial charge in [0.25, 0.3) is 0 Å². The van der Waals surface area contributed by atoms with Crippen LogP contribution in [-0.2, 0) is 0 Å². The van der Waals surface area contributed by atoms with Crippen molar-refractivity contribution in [2.24, 2.45) is 0 Å². The molecule has 1 N–H and O–H groups in total. The van der Waals surface area contributed by atoms with Gasteiger partial charge >= 0.3 is 0 Å². The zero-order valence-corrected chi connectivity index (χ0v) is 11.7. The Hall–Kier alpha value is -3.07. The lowest BCUT2D eigenvalue weighted by Gasteiger charge is -2.01. The first kappa shape index (κ1) is 11.6. The third kappa shape index (κ3) is 1.53. The van der Waals surface area contributed by atoms with E-state index in [0.717, 1.165) is 22.0 Å². The SMILES string of the molecule is c1ccc2cc3c(cc2c1)[nH]c1cccc(-c2ncco2)c13. The zero-order chi connectivity index (χ0) is 14.5. The molecule has 3 aromatic carbocycles. The van der Waals surface area contributed by atoms with Gasteiger partial charge in [0, 0.05) is 27.4 Å². The van der Waals surface area contributed by atoms with Gasteiger partial charge in [-0.1, -0.05) is 30.3 Å². The average Bonchev–Trinajstić information content (AvgIpc) is 3.20. The molecule has 0 saturated carbocycles. The molecule has 0 atom stereocenters. The number of nitrogens with one attached hydrogen (secondary N) is 1. The molecule has 5 rings (SSSR count). The lowest BCUT2D eigenvalue weighted by Crippen LogP contribution is -1.79. The molecule has 0 aliphatic heterocycles. The van der Waals surface area contributed by atoms with Crippen molar-refractivity contribution in [3.05, 3.63) is 67.1 Å². The van der Waals surface area contributed by atoms with Crippen LogP contribution in [0.4, 0.5) is 0 Å². The Kier molecular flexibility index (Phi) is 2.22. The van der Waals surface area contributed by atoms with E-state index in [9.17, 15) is 0 Å². The lowest BCUT2D eigenvalue weighted by molar-refractivity contribution is 0.575. The van der Waals surface area contributed by atoms with Gasteiger partial charge in [-0.2, -0.15) is 0 Å². The molecule has 0 spiro atoms. The molecule has 0 radical (unpaired) electrons. The van der Waals surface area contributed by atoms with Gasteiger partial charge in [-0.15, -0.1) is 0 Å². The minimum Gasteiger partial charge on any atom is -0.445 e. The van der Waals surface area contributed by atoms with Crippen molar-refractivity contribution >= 4 is 32.6 Å². The van der Waals surface area contributed by atoms with Crippen molar-refractivity contribution in [2.75, 3.05) is 0 Å². The van der Waals surface area contributed by atoms with Gasteiger partial charge < -0.3 is 9.40 Å². The number of aromatic nitrogens is 2. The van der Waals surface area contributed by atoms with Gasteiger partial charge in [0.15, 0.2) is 0 Å². The number of oxazole rings is 1. The summed E-state index contributed by atoms with van der Waals surface area (Å²) < 4.78 is 5.51. The van der Waals surface area contributed by atoms with Crippen molar-refractivity contribution < 1.29 is 4.42 Å². The number of nitrogens with zero attached hydrogens (tertiary/aromatic N) is 1. The largest absolute Gasteiger partial charge is 0.445 e. The van der Waals surface area contributed by atoms with Crippen LogP contribution in [0.5, 0.6) is 0 Å². The predicted octanol–water partition coefficient (Wildman–Crippen LogP) is 5.13. The minimum atomic E-state index is 0.652. The van der Waals surface area contributed by atoms with Crippen LogP contribution in [0.3, 0.4) is 0 Å². The van der Waals surface area contributed by atoms with Crippen LogP contribution in [0.1, 0.15) is 0 Å². The third-order valence-corrected chi connectivity index (χ3v) is 4.15. The van der Waals surface area contributed by atoms with Crippen LogP contribution in [0.2, 0.25) is 0 Å². The predicted molar refractivity (Wildman–Crippen MR) is 88.8 cm³/mol. The second-order valence-electron chi connectivity index (χ2n) is 5.44. The van der Waals surface area contributed by atoms with E-state index in [4.69, 9.17) is 4.42 Å². The maximum atomic E-state index is 5.51. The summed E-state index contributed by atoms with van der Waals surface area (Å²) in [6.45, 7) is 0. The smallest absolute Gasteiger partial charge is 0.226 e. The fourth-order valence-electron chi connectivity index (χ4n) is 3.18. The van der Waals surface area contributed by atoms with Crippen LogP contribution in [-0.4, -0.2) is 9.97 Å². The number of H-pyrrole nitrogens is 1. The molecule has 0 amide bonds. The molecule has 0 unspecified atom stereocenters. The first-order chi connectivity index (χ1) is 10.9. The van der Waals surface area contributed by atoms with Gasteiger partial charge in [-0.3, -0.25) is 0 Å². The number of hydrogen-bond acceptors (Lipinski definition) is 2.